The maximum absolute atomic E-state index is 10.5. The molecule has 0 unspecified atom stereocenters. The van der Waals surface area contributed by atoms with Crippen molar-refractivity contribution in [1.82, 2.24) is 4.98 Å². The normalized spacial score (nSPS) is 10.3. The van der Waals surface area contributed by atoms with Crippen molar-refractivity contribution in [3.63, 3.8) is 0 Å². The highest BCUT2D eigenvalue weighted by Crippen LogP contribution is 2.14. The van der Waals surface area contributed by atoms with E-state index < -0.39 is 5.97 Å². The predicted octanol–water partition coefficient (Wildman–Crippen LogP) is 1.86. The molecule has 0 aliphatic rings. The number of carboxylic acid groups (broad SMARTS) is 1. The zero-order valence-corrected chi connectivity index (χ0v) is 7.47. The van der Waals surface area contributed by atoms with Crippen molar-refractivity contribution >= 4 is 16.7 Å². The molecule has 0 saturated heterocycles. The summed E-state index contributed by atoms with van der Waals surface area (Å²) in [4.78, 5) is 14.5. The molecule has 1 N–H and O–H groups in total. The van der Waals surface area contributed by atoms with Crippen LogP contribution >= 0.6 is 0 Å². The quantitative estimate of drug-likeness (QED) is 0.780. The minimum Gasteiger partial charge on any atom is -0.481 e. The van der Waals surface area contributed by atoms with Crippen LogP contribution in [-0.4, -0.2) is 16.1 Å². The lowest BCUT2D eigenvalue weighted by molar-refractivity contribution is -0.136. The topological polar surface area (TPSA) is 50.2 Å². The molecule has 2 aromatic rings. The number of hydrogen-bond acceptors (Lipinski definition) is 2. The van der Waals surface area contributed by atoms with Crippen molar-refractivity contribution in [1.29, 1.82) is 0 Å². The van der Waals surface area contributed by atoms with Crippen molar-refractivity contribution in [3.05, 3.63) is 42.2 Å². The first-order valence-electron chi connectivity index (χ1n) is 4.30. The molecule has 0 saturated carbocycles. The van der Waals surface area contributed by atoms with Gasteiger partial charge in [0.25, 0.3) is 0 Å². The van der Waals surface area contributed by atoms with Crippen LogP contribution in [0.2, 0.25) is 0 Å². The smallest absolute Gasteiger partial charge is 0.307 e. The van der Waals surface area contributed by atoms with E-state index in [1.54, 1.807) is 12.4 Å². The average molecular weight is 187 g/mol. The lowest BCUT2D eigenvalue weighted by atomic mass is 10.1. The predicted molar refractivity (Wildman–Crippen MR) is 53.1 cm³/mol. The summed E-state index contributed by atoms with van der Waals surface area (Å²) >= 11 is 0. The molecule has 3 heteroatoms. The molecule has 3 nitrogen and oxygen atoms in total. The van der Waals surface area contributed by atoms with E-state index in [2.05, 4.69) is 4.98 Å². The fourth-order valence-electron chi connectivity index (χ4n) is 1.42. The number of nitrogens with zero attached hydrogens (tertiary/aromatic N) is 1. The molecular formula is C11H9NO2. The van der Waals surface area contributed by atoms with Gasteiger partial charge in [-0.1, -0.05) is 12.1 Å². The summed E-state index contributed by atoms with van der Waals surface area (Å²) in [6.45, 7) is 0. The zero-order valence-electron chi connectivity index (χ0n) is 7.47. The second kappa shape index (κ2) is 3.46. The van der Waals surface area contributed by atoms with Gasteiger partial charge in [0.05, 0.1) is 6.42 Å². The molecule has 1 heterocycles. The Morgan fingerprint density at radius 1 is 1.29 bits per heavy atom. The molecule has 0 atom stereocenters. The molecule has 1 aromatic carbocycles. The Bertz CT molecular complexity index is 479. The molecule has 14 heavy (non-hydrogen) atoms. The molecule has 0 aliphatic heterocycles. The SMILES string of the molecule is O=C(O)Cc1ccc2ccncc2c1. The van der Waals surface area contributed by atoms with Crippen LogP contribution in [0.3, 0.4) is 0 Å². The summed E-state index contributed by atoms with van der Waals surface area (Å²) in [5.74, 6) is -0.812. The second-order valence-electron chi connectivity index (χ2n) is 3.13. The maximum Gasteiger partial charge on any atom is 0.307 e. The van der Waals surface area contributed by atoms with Crippen LogP contribution < -0.4 is 0 Å². The van der Waals surface area contributed by atoms with Crippen LogP contribution in [0.4, 0.5) is 0 Å². The van der Waals surface area contributed by atoms with Crippen LogP contribution in [0.1, 0.15) is 5.56 Å². The Kier molecular flexibility index (Phi) is 2.14. The molecular weight excluding hydrogens is 178 g/mol. The van der Waals surface area contributed by atoms with Gasteiger partial charge in [-0.25, -0.2) is 0 Å². The van der Waals surface area contributed by atoms with E-state index in [0.717, 1.165) is 16.3 Å². The highest BCUT2D eigenvalue weighted by Gasteiger charge is 2.00. The van der Waals surface area contributed by atoms with Crippen LogP contribution in [0.5, 0.6) is 0 Å². The molecule has 0 spiro atoms. The van der Waals surface area contributed by atoms with Gasteiger partial charge in [-0.05, 0) is 23.1 Å². The summed E-state index contributed by atoms with van der Waals surface area (Å²) in [5, 5.41) is 10.7. The van der Waals surface area contributed by atoms with E-state index in [9.17, 15) is 4.79 Å². The zero-order chi connectivity index (χ0) is 9.97. The minimum atomic E-state index is -0.812. The summed E-state index contributed by atoms with van der Waals surface area (Å²) in [7, 11) is 0. The average Bonchev–Trinajstić information content (AvgIpc) is 2.17. The molecule has 2 rings (SSSR count). The first-order valence-corrected chi connectivity index (χ1v) is 4.30. The molecule has 0 radical (unpaired) electrons. The van der Waals surface area contributed by atoms with Crippen LogP contribution in [0.25, 0.3) is 10.8 Å². The van der Waals surface area contributed by atoms with Gasteiger partial charge in [0, 0.05) is 17.8 Å². The number of fused-ring (bicyclic) bond motifs is 1. The number of aromatic nitrogens is 1. The largest absolute Gasteiger partial charge is 0.481 e. The van der Waals surface area contributed by atoms with Crippen molar-refractivity contribution in [3.8, 4) is 0 Å². The maximum atomic E-state index is 10.5. The summed E-state index contributed by atoms with van der Waals surface area (Å²) in [6.07, 6.45) is 3.52. The Hall–Kier alpha value is -1.90. The lowest BCUT2D eigenvalue weighted by Crippen LogP contribution is -1.99. The number of carboxylic acids is 1. The van der Waals surface area contributed by atoms with E-state index in [4.69, 9.17) is 5.11 Å². The fourth-order valence-corrected chi connectivity index (χ4v) is 1.42. The first kappa shape index (κ1) is 8.69. The van der Waals surface area contributed by atoms with Crippen LogP contribution in [-0.2, 0) is 11.2 Å². The number of benzene rings is 1. The molecule has 0 bridgehead atoms. The standard InChI is InChI=1S/C11H9NO2/c13-11(14)6-8-1-2-9-3-4-12-7-10(9)5-8/h1-5,7H,6H2,(H,13,14). The number of carbonyl (C=O) groups is 1. The Labute approximate surface area is 81.0 Å². The minimum absolute atomic E-state index is 0.0604. The fraction of sp³-hybridized carbons (Fsp3) is 0.0909. The van der Waals surface area contributed by atoms with Gasteiger partial charge >= 0.3 is 5.97 Å². The molecule has 70 valence electrons. The third-order valence-corrected chi connectivity index (χ3v) is 2.06. The van der Waals surface area contributed by atoms with Gasteiger partial charge in [-0.2, -0.15) is 0 Å². The van der Waals surface area contributed by atoms with Crippen LogP contribution in [0.15, 0.2) is 36.7 Å². The molecule has 0 aliphatic carbocycles. The Morgan fingerprint density at radius 2 is 2.14 bits per heavy atom. The third kappa shape index (κ3) is 1.71. The monoisotopic (exact) mass is 187 g/mol. The molecule has 0 fully saturated rings. The summed E-state index contributed by atoms with van der Waals surface area (Å²) in [5.41, 5.74) is 0.804. The number of hydrogen-bond donors (Lipinski definition) is 1. The van der Waals surface area contributed by atoms with Crippen molar-refractivity contribution in [2.75, 3.05) is 0 Å². The summed E-state index contributed by atoms with van der Waals surface area (Å²) < 4.78 is 0. The van der Waals surface area contributed by atoms with Crippen molar-refractivity contribution in [2.24, 2.45) is 0 Å². The van der Waals surface area contributed by atoms with Gasteiger partial charge in [-0.3, -0.25) is 9.78 Å². The van der Waals surface area contributed by atoms with Gasteiger partial charge in [0.15, 0.2) is 0 Å². The third-order valence-electron chi connectivity index (χ3n) is 2.06. The van der Waals surface area contributed by atoms with E-state index in [-0.39, 0.29) is 6.42 Å². The Morgan fingerprint density at radius 3 is 2.93 bits per heavy atom. The van der Waals surface area contributed by atoms with Crippen molar-refractivity contribution in [2.45, 2.75) is 6.42 Å². The van der Waals surface area contributed by atoms with E-state index in [1.807, 2.05) is 24.3 Å². The van der Waals surface area contributed by atoms with E-state index in [1.165, 1.54) is 0 Å². The van der Waals surface area contributed by atoms with Crippen molar-refractivity contribution < 1.29 is 9.90 Å². The highest BCUT2D eigenvalue weighted by atomic mass is 16.4. The lowest BCUT2D eigenvalue weighted by Gasteiger charge is -1.99. The Balaban J connectivity index is 2.46. The van der Waals surface area contributed by atoms with E-state index >= 15 is 0 Å². The highest BCUT2D eigenvalue weighted by molar-refractivity contribution is 5.83. The second-order valence-corrected chi connectivity index (χ2v) is 3.13. The van der Waals surface area contributed by atoms with Crippen LogP contribution in [0, 0.1) is 0 Å². The summed E-state index contributed by atoms with van der Waals surface area (Å²) in [6, 6.07) is 7.50. The van der Waals surface area contributed by atoms with Gasteiger partial charge in [0.1, 0.15) is 0 Å². The number of aliphatic carboxylic acids is 1. The first-order chi connectivity index (χ1) is 6.75. The molecule has 0 amide bonds. The van der Waals surface area contributed by atoms with Gasteiger partial charge in [-0.15, -0.1) is 0 Å². The number of pyridine rings is 1. The van der Waals surface area contributed by atoms with E-state index in [0.29, 0.717) is 0 Å². The number of rotatable bonds is 2. The van der Waals surface area contributed by atoms with Gasteiger partial charge in [0.2, 0.25) is 0 Å². The van der Waals surface area contributed by atoms with Gasteiger partial charge < -0.3 is 5.11 Å². The molecule has 1 aromatic heterocycles.